The molecule has 2 atom stereocenters. The zero-order valence-electron chi connectivity index (χ0n) is 18.0. The second-order valence-electron chi connectivity index (χ2n) is 8.45. The monoisotopic (exact) mass is 459 g/mol. The fourth-order valence-electron chi connectivity index (χ4n) is 5.14. The number of nitrogens with zero attached hydrogens (tertiary/aromatic N) is 3. The van der Waals surface area contributed by atoms with Crippen molar-refractivity contribution < 1.29 is 27.1 Å². The van der Waals surface area contributed by atoms with Crippen LogP contribution in [0.4, 0.5) is 17.6 Å². The van der Waals surface area contributed by atoms with Gasteiger partial charge in [-0.1, -0.05) is 0 Å². The van der Waals surface area contributed by atoms with E-state index in [1.165, 1.54) is 30.0 Å². The van der Waals surface area contributed by atoms with Gasteiger partial charge in [-0.2, -0.15) is 5.10 Å². The third kappa shape index (κ3) is 3.37. The fourth-order valence-corrected chi connectivity index (χ4v) is 5.14. The predicted molar refractivity (Wildman–Crippen MR) is 112 cm³/mol. The molecule has 0 N–H and O–H groups in total. The van der Waals surface area contributed by atoms with Crippen molar-refractivity contribution in [3.8, 4) is 17.0 Å². The molecular formula is C24H21F4N3O2. The number of carbonyl (C=O) groups excluding carboxylic acids is 1. The van der Waals surface area contributed by atoms with Gasteiger partial charge in [0.15, 0.2) is 17.5 Å². The molecule has 0 spiro atoms. The number of hydrogen-bond donors (Lipinski definition) is 0. The molecule has 172 valence electrons. The number of carbonyl (C=O) groups is 1. The molecule has 2 aliphatic heterocycles. The van der Waals surface area contributed by atoms with E-state index >= 15 is 0 Å². The molecule has 3 aromatic rings. The summed E-state index contributed by atoms with van der Waals surface area (Å²) in [7, 11) is 3.07. The SMILES string of the molecule is COc1ccc(C(=O)N2[C@@H]3CCC[C@@H]2c2nn(C)c(-c4cc(F)c(F)c(F)c4)c2C3)c(F)c1. The van der Waals surface area contributed by atoms with E-state index in [1.54, 1.807) is 11.9 Å². The van der Waals surface area contributed by atoms with Crippen molar-refractivity contribution in [1.29, 1.82) is 0 Å². The van der Waals surface area contributed by atoms with Gasteiger partial charge in [0.1, 0.15) is 11.6 Å². The van der Waals surface area contributed by atoms with Crippen LogP contribution in [0.15, 0.2) is 30.3 Å². The number of methoxy groups -OCH3 is 1. The summed E-state index contributed by atoms with van der Waals surface area (Å²) in [6.07, 6.45) is 2.62. The van der Waals surface area contributed by atoms with E-state index in [4.69, 9.17) is 4.74 Å². The first-order valence-electron chi connectivity index (χ1n) is 10.7. The Kier molecular flexibility index (Phi) is 5.14. The highest BCUT2D eigenvalue weighted by Gasteiger charge is 2.44. The predicted octanol–water partition coefficient (Wildman–Crippen LogP) is 4.94. The summed E-state index contributed by atoms with van der Waals surface area (Å²) in [6.45, 7) is 0. The maximum absolute atomic E-state index is 14.7. The Morgan fingerprint density at radius 2 is 1.79 bits per heavy atom. The highest BCUT2D eigenvalue weighted by atomic mass is 19.2. The first-order chi connectivity index (χ1) is 15.8. The van der Waals surface area contributed by atoms with Gasteiger partial charge in [-0.05, 0) is 49.9 Å². The Hall–Kier alpha value is -3.36. The van der Waals surface area contributed by atoms with Crippen LogP contribution < -0.4 is 4.74 Å². The van der Waals surface area contributed by atoms with Gasteiger partial charge in [0, 0.05) is 30.3 Å². The molecule has 33 heavy (non-hydrogen) atoms. The Morgan fingerprint density at radius 1 is 1.06 bits per heavy atom. The first kappa shape index (κ1) is 21.5. The molecule has 5 rings (SSSR count). The first-order valence-corrected chi connectivity index (χ1v) is 10.7. The van der Waals surface area contributed by atoms with Crippen LogP contribution >= 0.6 is 0 Å². The Bertz CT molecular complexity index is 1250. The lowest BCUT2D eigenvalue weighted by molar-refractivity contribution is 0.0387. The third-order valence-corrected chi connectivity index (χ3v) is 6.57. The van der Waals surface area contributed by atoms with Crippen LogP contribution in [-0.2, 0) is 13.5 Å². The number of aromatic nitrogens is 2. The van der Waals surface area contributed by atoms with Crippen LogP contribution in [0.25, 0.3) is 11.3 Å². The van der Waals surface area contributed by atoms with E-state index < -0.39 is 35.2 Å². The maximum atomic E-state index is 14.7. The molecule has 2 aromatic carbocycles. The van der Waals surface area contributed by atoms with Crippen molar-refractivity contribution in [3.05, 3.63) is 70.4 Å². The average molecular weight is 459 g/mol. The minimum absolute atomic E-state index is 0.0463. The molecule has 2 aliphatic rings. The Balaban J connectivity index is 1.58. The number of benzene rings is 2. The molecule has 1 fully saturated rings. The van der Waals surface area contributed by atoms with Crippen LogP contribution in [0.1, 0.15) is 46.9 Å². The number of hydrogen-bond acceptors (Lipinski definition) is 3. The second-order valence-corrected chi connectivity index (χ2v) is 8.45. The third-order valence-electron chi connectivity index (χ3n) is 6.57. The van der Waals surface area contributed by atoms with Crippen molar-refractivity contribution in [2.75, 3.05) is 7.11 Å². The molecule has 5 nitrogen and oxygen atoms in total. The molecule has 0 radical (unpaired) electrons. The van der Waals surface area contributed by atoms with Crippen LogP contribution in [0.5, 0.6) is 5.75 Å². The quantitative estimate of drug-likeness (QED) is 0.412. The Labute approximate surface area is 187 Å². The van der Waals surface area contributed by atoms with E-state index in [0.717, 1.165) is 24.1 Å². The van der Waals surface area contributed by atoms with E-state index in [2.05, 4.69) is 5.10 Å². The zero-order chi connectivity index (χ0) is 23.4. The lowest BCUT2D eigenvalue weighted by Crippen LogP contribution is -2.50. The topological polar surface area (TPSA) is 47.4 Å². The number of rotatable bonds is 3. The summed E-state index contributed by atoms with van der Waals surface area (Å²) in [5.74, 6) is -4.85. The number of halogens is 4. The molecule has 1 amide bonds. The van der Waals surface area contributed by atoms with Gasteiger partial charge >= 0.3 is 0 Å². The van der Waals surface area contributed by atoms with Crippen LogP contribution in [0, 0.1) is 23.3 Å². The molecule has 9 heteroatoms. The minimum Gasteiger partial charge on any atom is -0.497 e. The van der Waals surface area contributed by atoms with E-state index in [9.17, 15) is 22.4 Å². The molecule has 1 aromatic heterocycles. The van der Waals surface area contributed by atoms with Crippen LogP contribution in [0.3, 0.4) is 0 Å². The average Bonchev–Trinajstić information content (AvgIpc) is 3.11. The summed E-state index contributed by atoms with van der Waals surface area (Å²) < 4.78 is 62.6. The maximum Gasteiger partial charge on any atom is 0.257 e. The van der Waals surface area contributed by atoms with E-state index in [1.807, 2.05) is 0 Å². The summed E-state index contributed by atoms with van der Waals surface area (Å²) in [5, 5.41) is 4.58. The van der Waals surface area contributed by atoms with Crippen molar-refractivity contribution in [2.45, 2.75) is 37.8 Å². The Morgan fingerprint density at radius 3 is 2.45 bits per heavy atom. The van der Waals surface area contributed by atoms with Gasteiger partial charge in [0.2, 0.25) is 0 Å². The molecule has 1 saturated heterocycles. The lowest BCUT2D eigenvalue weighted by atomic mass is 9.81. The largest absolute Gasteiger partial charge is 0.497 e. The van der Waals surface area contributed by atoms with Gasteiger partial charge < -0.3 is 9.64 Å². The summed E-state index contributed by atoms with van der Waals surface area (Å²) in [6, 6.07) is 5.42. The summed E-state index contributed by atoms with van der Waals surface area (Å²) in [5.41, 5.74) is 2.02. The van der Waals surface area contributed by atoms with E-state index in [-0.39, 0.29) is 17.2 Å². The highest BCUT2D eigenvalue weighted by Crippen LogP contribution is 2.45. The van der Waals surface area contributed by atoms with Gasteiger partial charge in [0.25, 0.3) is 5.91 Å². The number of piperidine rings is 1. The van der Waals surface area contributed by atoms with Crippen molar-refractivity contribution in [3.63, 3.8) is 0 Å². The fraction of sp³-hybridized carbons (Fsp3) is 0.333. The standard InChI is InChI=1S/C24H21F4N3O2/c1-30-23(12-8-18(26)21(28)19(27)9-12)16-10-13-4-3-5-20(22(16)29-30)31(13)24(32)15-7-6-14(33-2)11-17(15)25/h6-9,11,13,20H,3-5,10H2,1-2H3/t13-,20-/m1/s1. The van der Waals surface area contributed by atoms with Gasteiger partial charge in [-0.15, -0.1) is 0 Å². The number of ether oxygens (including phenoxy) is 1. The van der Waals surface area contributed by atoms with Crippen LogP contribution in [0.2, 0.25) is 0 Å². The van der Waals surface area contributed by atoms with E-state index in [0.29, 0.717) is 36.4 Å². The molecule has 0 aliphatic carbocycles. The van der Waals surface area contributed by atoms with Crippen molar-refractivity contribution >= 4 is 5.91 Å². The highest BCUT2D eigenvalue weighted by molar-refractivity contribution is 5.95. The molecule has 2 bridgehead atoms. The van der Waals surface area contributed by atoms with Crippen LogP contribution in [-0.4, -0.2) is 33.7 Å². The lowest BCUT2D eigenvalue weighted by Gasteiger charge is -2.45. The minimum atomic E-state index is -1.52. The zero-order valence-corrected chi connectivity index (χ0v) is 18.0. The van der Waals surface area contributed by atoms with Gasteiger partial charge in [-0.25, -0.2) is 17.6 Å². The molecule has 3 heterocycles. The second kappa shape index (κ2) is 7.90. The number of amides is 1. The number of fused-ring (bicyclic) bond motifs is 4. The molecule has 0 unspecified atom stereocenters. The van der Waals surface area contributed by atoms with Crippen molar-refractivity contribution in [1.82, 2.24) is 14.7 Å². The molecular weight excluding hydrogens is 438 g/mol. The smallest absolute Gasteiger partial charge is 0.257 e. The van der Waals surface area contributed by atoms with Crippen molar-refractivity contribution in [2.24, 2.45) is 7.05 Å². The summed E-state index contributed by atoms with van der Waals surface area (Å²) in [4.78, 5) is 15.1. The normalized spacial score (nSPS) is 19.4. The van der Waals surface area contributed by atoms with Gasteiger partial charge in [0.05, 0.1) is 30.1 Å². The molecule has 0 saturated carbocycles. The number of aryl methyl sites for hydroxylation is 1. The van der Waals surface area contributed by atoms with Gasteiger partial charge in [-0.3, -0.25) is 9.48 Å². The summed E-state index contributed by atoms with van der Waals surface area (Å²) >= 11 is 0.